The molecule has 2 aromatic rings. The topological polar surface area (TPSA) is 23.9 Å². The van der Waals surface area contributed by atoms with Crippen molar-refractivity contribution in [2.45, 2.75) is 5.75 Å². The Morgan fingerprint density at radius 3 is 2.22 bits per heavy atom. The van der Waals surface area contributed by atoms with Crippen LogP contribution in [0.3, 0.4) is 0 Å². The molecule has 2 aromatic carbocycles. The Morgan fingerprint density at radius 1 is 1.00 bits per heavy atom. The van der Waals surface area contributed by atoms with Crippen LogP contribution in [-0.4, -0.2) is 5.04 Å². The van der Waals surface area contributed by atoms with Gasteiger partial charge in [-0.05, 0) is 17.7 Å². The van der Waals surface area contributed by atoms with E-state index in [1.165, 1.54) is 17.3 Å². The molecule has 0 unspecified atom stereocenters. The maximum absolute atomic E-state index is 7.97. The Labute approximate surface area is 127 Å². The molecule has 0 aliphatic heterocycles. The average molecular weight is 343 g/mol. The first-order chi connectivity index (χ1) is 8.25. The lowest BCUT2D eigenvalue weighted by Gasteiger charge is -2.04. The van der Waals surface area contributed by atoms with Gasteiger partial charge in [-0.25, -0.2) is 0 Å². The van der Waals surface area contributed by atoms with E-state index in [-0.39, 0.29) is 17.0 Å². The molecular formula is C14H13BrClNS. The summed E-state index contributed by atoms with van der Waals surface area (Å²) in [6.07, 6.45) is 0. The van der Waals surface area contributed by atoms with E-state index in [4.69, 9.17) is 17.0 Å². The summed E-state index contributed by atoms with van der Waals surface area (Å²) in [4.78, 5) is 0. The molecule has 0 atom stereocenters. The third-order valence-electron chi connectivity index (χ3n) is 2.33. The SMILES string of the molecule is Br.N=C(SCc1ccccc1)c1ccc(Cl)cc1. The van der Waals surface area contributed by atoms with Crippen LogP contribution in [0.1, 0.15) is 11.1 Å². The van der Waals surface area contributed by atoms with Crippen molar-refractivity contribution in [3.63, 3.8) is 0 Å². The Kier molecular flexibility index (Phi) is 6.47. The van der Waals surface area contributed by atoms with Crippen LogP contribution in [0.4, 0.5) is 0 Å². The highest BCUT2D eigenvalue weighted by Crippen LogP contribution is 2.19. The smallest absolute Gasteiger partial charge is 0.0945 e. The molecule has 0 heterocycles. The molecule has 0 radical (unpaired) electrons. The van der Waals surface area contributed by atoms with E-state index < -0.39 is 0 Å². The first-order valence-electron chi connectivity index (χ1n) is 5.27. The lowest BCUT2D eigenvalue weighted by atomic mass is 10.2. The van der Waals surface area contributed by atoms with E-state index in [1.54, 1.807) is 0 Å². The van der Waals surface area contributed by atoms with Gasteiger partial charge in [0.2, 0.25) is 0 Å². The second-order valence-electron chi connectivity index (χ2n) is 3.61. The molecular weight excluding hydrogens is 330 g/mol. The van der Waals surface area contributed by atoms with Crippen LogP contribution >= 0.6 is 40.3 Å². The summed E-state index contributed by atoms with van der Waals surface area (Å²) in [5, 5.41) is 9.25. The summed E-state index contributed by atoms with van der Waals surface area (Å²) >= 11 is 7.34. The molecule has 0 bridgehead atoms. The van der Waals surface area contributed by atoms with Crippen molar-refractivity contribution in [3.8, 4) is 0 Å². The standard InChI is InChI=1S/C14H12ClNS.BrH/c15-13-8-6-12(7-9-13)14(16)17-10-11-4-2-1-3-5-11;/h1-9,16H,10H2;1H. The van der Waals surface area contributed by atoms with Gasteiger partial charge in [-0.2, -0.15) is 0 Å². The molecule has 1 N–H and O–H groups in total. The summed E-state index contributed by atoms with van der Waals surface area (Å²) in [5.74, 6) is 0.822. The maximum Gasteiger partial charge on any atom is 0.0945 e. The molecule has 1 nitrogen and oxygen atoms in total. The zero-order valence-corrected chi connectivity index (χ0v) is 12.9. The zero-order chi connectivity index (χ0) is 12.1. The molecule has 4 heteroatoms. The zero-order valence-electron chi connectivity index (χ0n) is 9.60. The van der Waals surface area contributed by atoms with E-state index in [1.807, 2.05) is 42.5 Å². The van der Waals surface area contributed by atoms with Crippen molar-refractivity contribution >= 4 is 45.4 Å². The molecule has 0 saturated heterocycles. The number of halogens is 2. The number of rotatable bonds is 3. The summed E-state index contributed by atoms with van der Waals surface area (Å²) in [7, 11) is 0. The molecule has 2 rings (SSSR count). The predicted octanol–water partition coefficient (Wildman–Crippen LogP) is 5.18. The van der Waals surface area contributed by atoms with Gasteiger partial charge in [-0.15, -0.1) is 28.7 Å². The Hall–Kier alpha value is -0.770. The molecule has 0 spiro atoms. The minimum absolute atomic E-state index is 0. The van der Waals surface area contributed by atoms with Gasteiger partial charge in [0, 0.05) is 16.3 Å². The van der Waals surface area contributed by atoms with Crippen molar-refractivity contribution < 1.29 is 0 Å². The van der Waals surface area contributed by atoms with Crippen LogP contribution in [0.5, 0.6) is 0 Å². The van der Waals surface area contributed by atoms with Crippen molar-refractivity contribution in [3.05, 3.63) is 70.7 Å². The third-order valence-corrected chi connectivity index (χ3v) is 3.59. The Balaban J connectivity index is 0.00000162. The number of hydrogen-bond acceptors (Lipinski definition) is 2. The lowest BCUT2D eigenvalue weighted by Crippen LogP contribution is -1.93. The summed E-state index contributed by atoms with van der Waals surface area (Å²) in [5.41, 5.74) is 2.14. The third kappa shape index (κ3) is 4.48. The van der Waals surface area contributed by atoms with E-state index in [0.717, 1.165) is 11.3 Å². The second-order valence-corrected chi connectivity index (χ2v) is 5.03. The van der Waals surface area contributed by atoms with Crippen molar-refractivity contribution in [1.29, 1.82) is 5.41 Å². The normalized spacial score (nSPS) is 9.61. The van der Waals surface area contributed by atoms with Crippen LogP contribution in [0, 0.1) is 5.41 Å². The second kappa shape index (κ2) is 7.62. The highest BCUT2D eigenvalue weighted by molar-refractivity contribution is 8.93. The van der Waals surface area contributed by atoms with Crippen molar-refractivity contribution in [1.82, 2.24) is 0 Å². The van der Waals surface area contributed by atoms with Gasteiger partial charge in [0.05, 0.1) is 5.04 Å². The Bertz CT molecular complexity index is 499. The molecule has 0 saturated carbocycles. The minimum Gasteiger partial charge on any atom is -0.293 e. The maximum atomic E-state index is 7.97. The van der Waals surface area contributed by atoms with Crippen molar-refractivity contribution in [2.75, 3.05) is 0 Å². The van der Waals surface area contributed by atoms with Crippen LogP contribution < -0.4 is 0 Å². The van der Waals surface area contributed by atoms with Gasteiger partial charge in [-0.1, -0.05) is 54.1 Å². The molecule has 0 aliphatic carbocycles. The highest BCUT2D eigenvalue weighted by Gasteiger charge is 2.02. The van der Waals surface area contributed by atoms with Gasteiger partial charge in [0.15, 0.2) is 0 Å². The fourth-order valence-electron chi connectivity index (χ4n) is 1.41. The monoisotopic (exact) mass is 341 g/mol. The predicted molar refractivity (Wildman–Crippen MR) is 86.3 cm³/mol. The molecule has 18 heavy (non-hydrogen) atoms. The van der Waals surface area contributed by atoms with E-state index in [0.29, 0.717) is 10.1 Å². The van der Waals surface area contributed by atoms with Gasteiger partial charge in [-0.3, -0.25) is 5.41 Å². The Morgan fingerprint density at radius 2 is 1.61 bits per heavy atom. The largest absolute Gasteiger partial charge is 0.293 e. The van der Waals surface area contributed by atoms with E-state index >= 15 is 0 Å². The number of thioether (sulfide) groups is 1. The molecule has 94 valence electrons. The number of hydrogen-bond donors (Lipinski definition) is 1. The van der Waals surface area contributed by atoms with E-state index in [9.17, 15) is 0 Å². The fraction of sp³-hybridized carbons (Fsp3) is 0.0714. The minimum atomic E-state index is 0. The molecule has 0 fully saturated rings. The summed E-state index contributed by atoms with van der Waals surface area (Å²) < 4.78 is 0. The number of benzene rings is 2. The average Bonchev–Trinajstić information content (AvgIpc) is 2.38. The fourth-order valence-corrected chi connectivity index (χ4v) is 2.35. The van der Waals surface area contributed by atoms with Crippen LogP contribution in [-0.2, 0) is 5.75 Å². The van der Waals surface area contributed by atoms with Gasteiger partial charge in [0.1, 0.15) is 0 Å². The van der Waals surface area contributed by atoms with Gasteiger partial charge < -0.3 is 0 Å². The van der Waals surface area contributed by atoms with Crippen LogP contribution in [0.2, 0.25) is 5.02 Å². The molecule has 0 amide bonds. The summed E-state index contributed by atoms with van der Waals surface area (Å²) in [6.45, 7) is 0. The molecule has 0 aliphatic rings. The first kappa shape index (κ1) is 15.3. The first-order valence-corrected chi connectivity index (χ1v) is 6.63. The van der Waals surface area contributed by atoms with Gasteiger partial charge >= 0.3 is 0 Å². The van der Waals surface area contributed by atoms with E-state index in [2.05, 4.69) is 12.1 Å². The highest BCUT2D eigenvalue weighted by atomic mass is 79.9. The summed E-state index contributed by atoms with van der Waals surface area (Å²) in [6, 6.07) is 17.6. The van der Waals surface area contributed by atoms with Crippen LogP contribution in [0.15, 0.2) is 54.6 Å². The van der Waals surface area contributed by atoms with Crippen molar-refractivity contribution in [2.24, 2.45) is 0 Å². The number of nitrogens with one attached hydrogen (secondary N) is 1. The van der Waals surface area contributed by atoms with Gasteiger partial charge in [0.25, 0.3) is 0 Å². The lowest BCUT2D eigenvalue weighted by molar-refractivity contribution is 1.42. The molecule has 0 aromatic heterocycles. The quantitative estimate of drug-likeness (QED) is 0.603. The van der Waals surface area contributed by atoms with Crippen LogP contribution in [0.25, 0.3) is 0 Å².